The highest BCUT2D eigenvalue weighted by atomic mass is 35.5. The number of rotatable bonds is 7. The second kappa shape index (κ2) is 7.76. The van der Waals surface area contributed by atoms with Gasteiger partial charge in [-0.2, -0.15) is 9.40 Å². The van der Waals surface area contributed by atoms with E-state index in [4.69, 9.17) is 16.3 Å². The lowest BCUT2D eigenvalue weighted by Gasteiger charge is -2.18. The zero-order valence-electron chi connectivity index (χ0n) is 15.2. The van der Waals surface area contributed by atoms with Crippen molar-refractivity contribution in [2.75, 3.05) is 20.2 Å². The molecule has 0 saturated carbocycles. The number of halogens is 1. The molecule has 2 aromatic rings. The molecule has 0 amide bonds. The molecular weight excluding hydrogens is 362 g/mol. The van der Waals surface area contributed by atoms with Crippen molar-refractivity contribution in [3.05, 3.63) is 40.2 Å². The first-order valence-electron chi connectivity index (χ1n) is 8.12. The Balaban J connectivity index is 2.49. The van der Waals surface area contributed by atoms with E-state index in [1.54, 1.807) is 43.8 Å². The quantitative estimate of drug-likeness (QED) is 0.733. The minimum Gasteiger partial charge on any atom is -0.496 e. The molecule has 0 aliphatic carbocycles. The van der Waals surface area contributed by atoms with Gasteiger partial charge in [0, 0.05) is 23.7 Å². The molecule has 0 bridgehead atoms. The SMILES string of the molecule is CCN(CC)S(=O)(=O)c1c(C)nn(Cc2cc(Cl)ccc2OC)c1C. The highest BCUT2D eigenvalue weighted by Gasteiger charge is 2.29. The Morgan fingerprint density at radius 3 is 2.44 bits per heavy atom. The molecule has 0 aliphatic heterocycles. The van der Waals surface area contributed by atoms with Crippen molar-refractivity contribution in [3.63, 3.8) is 0 Å². The number of nitrogens with zero attached hydrogens (tertiary/aromatic N) is 3. The van der Waals surface area contributed by atoms with Crippen LogP contribution < -0.4 is 4.74 Å². The fourth-order valence-corrected chi connectivity index (χ4v) is 4.96. The van der Waals surface area contributed by atoms with Crippen LogP contribution in [-0.4, -0.2) is 42.7 Å². The molecule has 138 valence electrons. The second-order valence-electron chi connectivity index (χ2n) is 5.70. The van der Waals surface area contributed by atoms with Crippen LogP contribution in [0.25, 0.3) is 0 Å². The third-order valence-corrected chi connectivity index (χ3v) is 6.72. The lowest BCUT2D eigenvalue weighted by Crippen LogP contribution is -2.31. The Morgan fingerprint density at radius 1 is 1.24 bits per heavy atom. The molecule has 25 heavy (non-hydrogen) atoms. The van der Waals surface area contributed by atoms with Gasteiger partial charge in [-0.05, 0) is 32.0 Å². The summed E-state index contributed by atoms with van der Waals surface area (Å²) in [6.07, 6.45) is 0. The van der Waals surface area contributed by atoms with E-state index in [-0.39, 0.29) is 4.90 Å². The van der Waals surface area contributed by atoms with Gasteiger partial charge in [-0.1, -0.05) is 25.4 Å². The molecule has 2 rings (SSSR count). The average Bonchev–Trinajstić information content (AvgIpc) is 2.83. The van der Waals surface area contributed by atoms with Gasteiger partial charge in [0.25, 0.3) is 0 Å². The normalized spacial score (nSPS) is 12.0. The summed E-state index contributed by atoms with van der Waals surface area (Å²) in [4.78, 5) is 0.275. The van der Waals surface area contributed by atoms with E-state index in [9.17, 15) is 8.42 Å². The summed E-state index contributed by atoms with van der Waals surface area (Å²) in [7, 11) is -1.98. The number of aromatic nitrogens is 2. The lowest BCUT2D eigenvalue weighted by atomic mass is 10.2. The fourth-order valence-electron chi connectivity index (χ4n) is 2.93. The monoisotopic (exact) mass is 385 g/mol. The molecule has 0 atom stereocenters. The smallest absolute Gasteiger partial charge is 0.246 e. The average molecular weight is 386 g/mol. The molecule has 0 unspecified atom stereocenters. The third-order valence-electron chi connectivity index (χ3n) is 4.18. The molecule has 0 fully saturated rings. The van der Waals surface area contributed by atoms with E-state index in [0.29, 0.717) is 41.8 Å². The molecule has 6 nitrogen and oxygen atoms in total. The summed E-state index contributed by atoms with van der Waals surface area (Å²) in [6.45, 7) is 8.36. The summed E-state index contributed by atoms with van der Waals surface area (Å²) in [5.41, 5.74) is 1.93. The van der Waals surface area contributed by atoms with Gasteiger partial charge in [-0.25, -0.2) is 8.42 Å². The van der Waals surface area contributed by atoms with Crippen LogP contribution in [0.3, 0.4) is 0 Å². The topological polar surface area (TPSA) is 64.4 Å². The lowest BCUT2D eigenvalue weighted by molar-refractivity contribution is 0.407. The number of hydrogen-bond donors (Lipinski definition) is 0. The van der Waals surface area contributed by atoms with Crippen molar-refractivity contribution < 1.29 is 13.2 Å². The number of sulfonamides is 1. The summed E-state index contributed by atoms with van der Waals surface area (Å²) in [5, 5.41) is 5.03. The van der Waals surface area contributed by atoms with Crippen LogP contribution in [0.1, 0.15) is 30.8 Å². The molecule has 1 heterocycles. The highest BCUT2D eigenvalue weighted by molar-refractivity contribution is 7.89. The van der Waals surface area contributed by atoms with E-state index >= 15 is 0 Å². The van der Waals surface area contributed by atoms with E-state index in [2.05, 4.69) is 5.10 Å². The number of ether oxygens (including phenoxy) is 1. The Kier molecular flexibility index (Phi) is 6.13. The Bertz CT molecular complexity index is 858. The van der Waals surface area contributed by atoms with Crippen molar-refractivity contribution >= 4 is 21.6 Å². The van der Waals surface area contributed by atoms with E-state index in [1.165, 1.54) is 4.31 Å². The molecule has 1 aromatic heterocycles. The van der Waals surface area contributed by atoms with Crippen LogP contribution >= 0.6 is 11.6 Å². The van der Waals surface area contributed by atoms with Gasteiger partial charge in [-0.3, -0.25) is 4.68 Å². The van der Waals surface area contributed by atoms with Crippen molar-refractivity contribution in [1.29, 1.82) is 0 Å². The van der Waals surface area contributed by atoms with Crippen LogP contribution in [0, 0.1) is 13.8 Å². The first kappa shape index (κ1) is 19.8. The van der Waals surface area contributed by atoms with Gasteiger partial charge >= 0.3 is 0 Å². The van der Waals surface area contributed by atoms with Gasteiger partial charge in [-0.15, -0.1) is 0 Å². The minimum atomic E-state index is -3.57. The molecule has 8 heteroatoms. The molecular formula is C17H24ClN3O3S. The summed E-state index contributed by atoms with van der Waals surface area (Å²) in [6, 6.07) is 5.34. The van der Waals surface area contributed by atoms with E-state index < -0.39 is 10.0 Å². The maximum Gasteiger partial charge on any atom is 0.246 e. The first-order valence-corrected chi connectivity index (χ1v) is 9.94. The Hall–Kier alpha value is -1.57. The van der Waals surface area contributed by atoms with Crippen LogP contribution in [0.4, 0.5) is 0 Å². The van der Waals surface area contributed by atoms with Gasteiger partial charge in [0.1, 0.15) is 10.6 Å². The predicted octanol–water partition coefficient (Wildman–Crippen LogP) is 3.24. The molecule has 0 spiro atoms. The summed E-state index contributed by atoms with van der Waals surface area (Å²) in [5.74, 6) is 0.685. The van der Waals surface area contributed by atoms with E-state index in [1.807, 2.05) is 13.8 Å². The van der Waals surface area contributed by atoms with Crippen LogP contribution in [0.5, 0.6) is 5.75 Å². The predicted molar refractivity (Wildman–Crippen MR) is 98.9 cm³/mol. The van der Waals surface area contributed by atoms with Crippen molar-refractivity contribution in [2.24, 2.45) is 0 Å². The summed E-state index contributed by atoms with van der Waals surface area (Å²) < 4.78 is 34.3. The number of hydrogen-bond acceptors (Lipinski definition) is 4. The third kappa shape index (κ3) is 3.83. The maximum absolute atomic E-state index is 12.9. The second-order valence-corrected chi connectivity index (χ2v) is 8.01. The molecule has 0 radical (unpaired) electrons. The Morgan fingerprint density at radius 2 is 1.88 bits per heavy atom. The zero-order valence-corrected chi connectivity index (χ0v) is 16.8. The van der Waals surface area contributed by atoms with Crippen molar-refractivity contribution in [3.8, 4) is 5.75 Å². The van der Waals surface area contributed by atoms with Gasteiger partial charge in [0.15, 0.2) is 0 Å². The summed E-state index contributed by atoms with van der Waals surface area (Å²) >= 11 is 6.08. The molecule has 1 aromatic carbocycles. The van der Waals surface area contributed by atoms with Gasteiger partial charge in [0.2, 0.25) is 10.0 Å². The van der Waals surface area contributed by atoms with Crippen LogP contribution in [-0.2, 0) is 16.6 Å². The minimum absolute atomic E-state index is 0.275. The van der Waals surface area contributed by atoms with Crippen molar-refractivity contribution in [1.82, 2.24) is 14.1 Å². The van der Waals surface area contributed by atoms with Crippen LogP contribution in [0.2, 0.25) is 5.02 Å². The van der Waals surface area contributed by atoms with E-state index in [0.717, 1.165) is 5.56 Å². The number of benzene rings is 1. The molecule has 0 aliphatic rings. The highest BCUT2D eigenvalue weighted by Crippen LogP contribution is 2.27. The maximum atomic E-state index is 12.9. The standard InChI is InChI=1S/C17H24ClN3O3S/c1-6-20(7-2)25(22,23)17-12(3)19-21(13(17)4)11-14-10-15(18)8-9-16(14)24-5/h8-10H,6-7,11H2,1-5H3. The zero-order chi connectivity index (χ0) is 18.8. The number of aryl methyl sites for hydroxylation is 1. The number of methoxy groups -OCH3 is 1. The fraction of sp³-hybridized carbons (Fsp3) is 0.471. The Labute approximate surface area is 154 Å². The van der Waals surface area contributed by atoms with Crippen molar-refractivity contribution in [2.45, 2.75) is 39.1 Å². The van der Waals surface area contributed by atoms with Gasteiger partial charge < -0.3 is 4.74 Å². The van der Waals surface area contributed by atoms with Gasteiger partial charge in [0.05, 0.1) is 25.0 Å². The first-order chi connectivity index (χ1) is 11.8. The molecule has 0 N–H and O–H groups in total. The largest absolute Gasteiger partial charge is 0.496 e. The van der Waals surface area contributed by atoms with Crippen LogP contribution in [0.15, 0.2) is 23.1 Å². The molecule has 0 saturated heterocycles.